The molecule has 0 fully saturated rings. The number of rotatable bonds is 3. The van der Waals surface area contributed by atoms with E-state index in [1.165, 1.54) is 0 Å². The van der Waals surface area contributed by atoms with Crippen LogP contribution in [0.2, 0.25) is 5.02 Å². The van der Waals surface area contributed by atoms with Gasteiger partial charge in [0.05, 0.1) is 17.7 Å². The fourth-order valence-corrected chi connectivity index (χ4v) is 2.09. The third-order valence-electron chi connectivity index (χ3n) is 2.97. The molecule has 0 amide bonds. The first-order valence-electron chi connectivity index (χ1n) is 6.12. The van der Waals surface area contributed by atoms with Crippen molar-refractivity contribution in [3.63, 3.8) is 0 Å². The van der Waals surface area contributed by atoms with E-state index in [0.29, 0.717) is 16.8 Å². The van der Waals surface area contributed by atoms with Gasteiger partial charge in [0.15, 0.2) is 5.78 Å². The predicted octanol–water partition coefficient (Wildman–Crippen LogP) is 2.81. The summed E-state index contributed by atoms with van der Waals surface area (Å²) in [5.41, 5.74) is -2.39. The molecule has 0 atom stereocenters. The molecule has 0 radical (unpaired) electrons. The first-order chi connectivity index (χ1) is 10.6. The Balaban J connectivity index is 2.41. The molecule has 0 bridgehead atoms. The molecule has 9 heteroatoms. The smallest absolute Gasteiger partial charge is 0.417 e. The van der Waals surface area contributed by atoms with Crippen molar-refractivity contribution in [3.05, 3.63) is 57.0 Å². The number of pyridine rings is 1. The van der Waals surface area contributed by atoms with Crippen LogP contribution >= 0.6 is 11.6 Å². The molecule has 0 saturated carbocycles. The van der Waals surface area contributed by atoms with Gasteiger partial charge >= 0.3 is 6.18 Å². The van der Waals surface area contributed by atoms with Crippen LogP contribution in [0.1, 0.15) is 15.9 Å². The molecule has 0 unspecified atom stereocenters. The fraction of sp³-hybridized carbons (Fsp3) is 0.143. The molecule has 1 aromatic heterocycles. The Bertz CT molecular complexity index is 830. The van der Waals surface area contributed by atoms with E-state index in [1.54, 1.807) is 0 Å². The number of aromatic hydroxyl groups is 2. The number of ketones is 1. The number of phenolic OH excluding ortho intramolecular Hbond substituents is 2. The van der Waals surface area contributed by atoms with Crippen LogP contribution in [-0.4, -0.2) is 20.6 Å². The molecule has 1 heterocycles. The maximum atomic E-state index is 12.7. The summed E-state index contributed by atoms with van der Waals surface area (Å²) in [4.78, 5) is 23.8. The SMILES string of the molecule is O=C(Cn1cc(C(F)(F)F)cc(Cl)c1=O)c1ccc(O)cc1O. The normalized spacial score (nSPS) is 11.5. The Morgan fingerprint density at radius 1 is 1.22 bits per heavy atom. The lowest BCUT2D eigenvalue weighted by Gasteiger charge is -2.12. The van der Waals surface area contributed by atoms with Crippen LogP contribution in [0.15, 0.2) is 35.3 Å². The maximum Gasteiger partial charge on any atom is 0.417 e. The van der Waals surface area contributed by atoms with Gasteiger partial charge in [-0.3, -0.25) is 9.59 Å². The molecule has 5 nitrogen and oxygen atoms in total. The van der Waals surface area contributed by atoms with Gasteiger partial charge in [-0.2, -0.15) is 13.2 Å². The van der Waals surface area contributed by atoms with E-state index in [1.807, 2.05) is 0 Å². The van der Waals surface area contributed by atoms with E-state index in [2.05, 4.69) is 0 Å². The van der Waals surface area contributed by atoms with Gasteiger partial charge in [0.25, 0.3) is 5.56 Å². The first-order valence-corrected chi connectivity index (χ1v) is 6.50. The van der Waals surface area contributed by atoms with Crippen molar-refractivity contribution in [3.8, 4) is 11.5 Å². The van der Waals surface area contributed by atoms with Crippen molar-refractivity contribution in [2.75, 3.05) is 0 Å². The zero-order valence-corrected chi connectivity index (χ0v) is 12.0. The van der Waals surface area contributed by atoms with Crippen LogP contribution in [0.4, 0.5) is 13.2 Å². The topological polar surface area (TPSA) is 79.5 Å². The van der Waals surface area contributed by atoms with Gasteiger partial charge in [-0.05, 0) is 18.2 Å². The number of aromatic nitrogens is 1. The molecule has 2 rings (SSSR count). The molecular weight excluding hydrogens is 339 g/mol. The highest BCUT2D eigenvalue weighted by molar-refractivity contribution is 6.30. The minimum absolute atomic E-state index is 0.247. The lowest BCUT2D eigenvalue weighted by atomic mass is 10.1. The van der Waals surface area contributed by atoms with Crippen LogP contribution in [-0.2, 0) is 12.7 Å². The van der Waals surface area contributed by atoms with Gasteiger partial charge < -0.3 is 14.8 Å². The van der Waals surface area contributed by atoms with Crippen LogP contribution < -0.4 is 5.56 Å². The quantitative estimate of drug-likeness (QED) is 0.837. The Kier molecular flexibility index (Phi) is 4.37. The molecule has 23 heavy (non-hydrogen) atoms. The van der Waals surface area contributed by atoms with Gasteiger partial charge in [0, 0.05) is 12.3 Å². The summed E-state index contributed by atoms with van der Waals surface area (Å²) in [5.74, 6) is -1.67. The second-order valence-corrected chi connectivity index (χ2v) is 5.04. The number of phenols is 2. The van der Waals surface area contributed by atoms with Gasteiger partial charge in [-0.15, -0.1) is 0 Å². The molecule has 0 aliphatic rings. The molecule has 0 aliphatic heterocycles. The molecule has 1 aromatic carbocycles. The Morgan fingerprint density at radius 3 is 2.43 bits per heavy atom. The van der Waals surface area contributed by atoms with Crippen LogP contribution in [0, 0.1) is 0 Å². The van der Waals surface area contributed by atoms with Crippen molar-refractivity contribution in [2.24, 2.45) is 0 Å². The molecule has 0 spiro atoms. The van der Waals surface area contributed by atoms with Crippen molar-refractivity contribution in [1.82, 2.24) is 4.57 Å². The summed E-state index contributed by atoms with van der Waals surface area (Å²) in [7, 11) is 0. The molecule has 2 N–H and O–H groups in total. The van der Waals surface area contributed by atoms with Crippen molar-refractivity contribution < 1.29 is 28.2 Å². The Morgan fingerprint density at radius 2 is 1.87 bits per heavy atom. The van der Waals surface area contributed by atoms with Gasteiger partial charge in [0.2, 0.25) is 0 Å². The minimum Gasteiger partial charge on any atom is -0.508 e. The average Bonchev–Trinajstić information content (AvgIpc) is 2.42. The summed E-state index contributed by atoms with van der Waals surface area (Å²) in [6.07, 6.45) is -4.26. The summed E-state index contributed by atoms with van der Waals surface area (Å²) >= 11 is 5.48. The Hall–Kier alpha value is -2.48. The summed E-state index contributed by atoms with van der Waals surface area (Å²) in [6, 6.07) is 3.58. The number of hydrogen-bond donors (Lipinski definition) is 2. The number of hydrogen-bond acceptors (Lipinski definition) is 4. The number of Topliss-reactive ketones (excluding diaryl/α,β-unsaturated/α-hetero) is 1. The first kappa shape index (κ1) is 16.9. The fourth-order valence-electron chi connectivity index (χ4n) is 1.87. The predicted molar refractivity (Wildman–Crippen MR) is 74.8 cm³/mol. The van der Waals surface area contributed by atoms with E-state index in [4.69, 9.17) is 16.7 Å². The van der Waals surface area contributed by atoms with Gasteiger partial charge in [-0.1, -0.05) is 11.6 Å². The minimum atomic E-state index is -4.73. The summed E-state index contributed by atoms with van der Waals surface area (Å²) < 4.78 is 38.7. The van der Waals surface area contributed by atoms with Crippen LogP contribution in [0.5, 0.6) is 11.5 Å². The average molecular weight is 348 g/mol. The zero-order valence-electron chi connectivity index (χ0n) is 11.3. The highest BCUT2D eigenvalue weighted by Crippen LogP contribution is 2.30. The third-order valence-corrected chi connectivity index (χ3v) is 3.24. The number of carbonyl (C=O) groups is 1. The van der Waals surface area contributed by atoms with Crippen molar-refractivity contribution in [1.29, 1.82) is 0 Å². The standard InChI is InChI=1S/C14H9ClF3NO4/c15-10-3-7(14(16,17)18)5-19(13(10)23)6-12(22)9-2-1-8(20)4-11(9)21/h1-5,20-21H,6H2. The largest absolute Gasteiger partial charge is 0.508 e. The maximum absolute atomic E-state index is 12.7. The lowest BCUT2D eigenvalue weighted by molar-refractivity contribution is -0.138. The summed E-state index contributed by atoms with van der Waals surface area (Å²) in [5, 5.41) is 18.0. The Labute approximate surface area is 132 Å². The van der Waals surface area contributed by atoms with E-state index in [-0.39, 0.29) is 11.3 Å². The molecule has 122 valence electrons. The third kappa shape index (κ3) is 3.65. The summed E-state index contributed by atoms with van der Waals surface area (Å²) in [6.45, 7) is -0.749. The second kappa shape index (κ2) is 5.96. The molecule has 2 aromatic rings. The van der Waals surface area contributed by atoms with Crippen molar-refractivity contribution in [2.45, 2.75) is 12.7 Å². The molecule has 0 aliphatic carbocycles. The van der Waals surface area contributed by atoms with E-state index in [0.717, 1.165) is 18.2 Å². The van der Waals surface area contributed by atoms with E-state index >= 15 is 0 Å². The molecular formula is C14H9ClF3NO4. The number of halogens is 4. The number of benzene rings is 1. The van der Waals surface area contributed by atoms with Crippen molar-refractivity contribution >= 4 is 17.4 Å². The highest BCUT2D eigenvalue weighted by Gasteiger charge is 2.32. The van der Waals surface area contributed by atoms with Crippen LogP contribution in [0.3, 0.4) is 0 Å². The van der Waals surface area contributed by atoms with E-state index in [9.17, 15) is 27.9 Å². The monoisotopic (exact) mass is 347 g/mol. The molecule has 0 saturated heterocycles. The highest BCUT2D eigenvalue weighted by atomic mass is 35.5. The number of carbonyl (C=O) groups excluding carboxylic acids is 1. The zero-order chi connectivity index (χ0) is 17.4. The van der Waals surface area contributed by atoms with Crippen LogP contribution in [0.25, 0.3) is 0 Å². The lowest BCUT2D eigenvalue weighted by Crippen LogP contribution is -2.26. The number of nitrogens with zero attached hydrogens (tertiary/aromatic N) is 1. The number of alkyl halides is 3. The van der Waals surface area contributed by atoms with E-state index < -0.39 is 40.4 Å². The second-order valence-electron chi connectivity index (χ2n) is 4.63. The van der Waals surface area contributed by atoms with Gasteiger partial charge in [0.1, 0.15) is 16.5 Å². The van der Waals surface area contributed by atoms with Gasteiger partial charge in [-0.25, -0.2) is 0 Å².